The van der Waals surface area contributed by atoms with Gasteiger partial charge < -0.3 is 9.47 Å². The molecule has 0 unspecified atom stereocenters. The van der Waals surface area contributed by atoms with Gasteiger partial charge in [-0.25, -0.2) is 9.59 Å². The van der Waals surface area contributed by atoms with Crippen LogP contribution in [0.5, 0.6) is 0 Å². The molecule has 0 atom stereocenters. The molecule has 0 radical (unpaired) electrons. The highest BCUT2D eigenvalue weighted by molar-refractivity contribution is 5.81. The van der Waals surface area contributed by atoms with Crippen LogP contribution in [-0.4, -0.2) is 25.2 Å². The highest BCUT2D eigenvalue weighted by Gasteiger charge is 2.33. The Morgan fingerprint density at radius 1 is 0.694 bits per heavy atom. The summed E-state index contributed by atoms with van der Waals surface area (Å²) >= 11 is 0. The number of aryl methyl sites for hydroxylation is 2. The average molecular weight is 514 g/mol. The second-order valence-corrected chi connectivity index (χ2v) is 7.69. The second-order valence-electron chi connectivity index (χ2n) is 7.69. The lowest BCUT2D eigenvalue weighted by atomic mass is 9.89. The molecular formula is C26H24F6O4. The van der Waals surface area contributed by atoms with Crippen molar-refractivity contribution in [2.45, 2.75) is 38.0 Å². The van der Waals surface area contributed by atoms with Gasteiger partial charge >= 0.3 is 24.3 Å². The number of alkyl halides is 6. The van der Waals surface area contributed by atoms with E-state index in [-0.39, 0.29) is 50.0 Å². The Kier molecular flexibility index (Phi) is 9.89. The highest BCUT2D eigenvalue weighted by atomic mass is 19.4. The number of esters is 2. The van der Waals surface area contributed by atoms with Crippen LogP contribution in [0.15, 0.2) is 61.7 Å². The maximum Gasteiger partial charge on any atom is 0.416 e. The Labute approximate surface area is 204 Å². The number of carbonyl (C=O) groups excluding carboxylic acids is 2. The zero-order valence-corrected chi connectivity index (χ0v) is 19.2. The maximum absolute atomic E-state index is 13.5. The van der Waals surface area contributed by atoms with Gasteiger partial charge in [0, 0.05) is 12.2 Å². The van der Waals surface area contributed by atoms with Crippen molar-refractivity contribution in [1.82, 2.24) is 0 Å². The van der Waals surface area contributed by atoms with Crippen LogP contribution < -0.4 is 0 Å². The summed E-state index contributed by atoms with van der Waals surface area (Å²) in [5.41, 5.74) is -1.33. The molecule has 0 bridgehead atoms. The SMILES string of the molecule is C=CC(=O)OCCCc1ccc(C(F)(F)F)cc1-c1cc(C(F)(F)F)ccc1CCCOC(=O)C=C. The summed E-state index contributed by atoms with van der Waals surface area (Å²) in [7, 11) is 0. The zero-order valence-electron chi connectivity index (χ0n) is 19.2. The van der Waals surface area contributed by atoms with Crippen LogP contribution in [0.1, 0.15) is 35.1 Å². The van der Waals surface area contributed by atoms with Gasteiger partial charge in [-0.15, -0.1) is 0 Å². The Morgan fingerprint density at radius 3 is 1.36 bits per heavy atom. The third kappa shape index (κ3) is 8.28. The predicted octanol–water partition coefficient (Wildman–Crippen LogP) is 6.71. The lowest BCUT2D eigenvalue weighted by molar-refractivity contribution is -0.138. The minimum Gasteiger partial charge on any atom is -0.463 e. The molecule has 36 heavy (non-hydrogen) atoms. The lowest BCUT2D eigenvalue weighted by Gasteiger charge is -2.19. The first-order chi connectivity index (χ1) is 16.9. The van der Waals surface area contributed by atoms with Crippen molar-refractivity contribution < 1.29 is 45.4 Å². The summed E-state index contributed by atoms with van der Waals surface area (Å²) < 4.78 is 90.6. The van der Waals surface area contributed by atoms with Crippen LogP contribution >= 0.6 is 0 Å². The van der Waals surface area contributed by atoms with E-state index in [9.17, 15) is 35.9 Å². The Hall–Kier alpha value is -3.56. The van der Waals surface area contributed by atoms with Crippen molar-refractivity contribution in [3.05, 3.63) is 84.0 Å². The minimum absolute atomic E-state index is 0.0101. The fourth-order valence-electron chi connectivity index (χ4n) is 3.43. The standard InChI is InChI=1S/C26H24F6O4/c1-3-23(33)35-13-5-7-17-9-11-19(25(27,28)29)15-21(17)22-16-20(26(30,31)32)12-10-18(22)8-6-14-36-24(34)4-2/h3-4,9-12,15-16H,1-2,5-8,13-14H2. The number of ether oxygens (including phenoxy) is 2. The summed E-state index contributed by atoms with van der Waals surface area (Å²) in [6, 6.07) is 5.78. The predicted molar refractivity (Wildman–Crippen MR) is 121 cm³/mol. The molecule has 0 aliphatic rings. The summed E-state index contributed by atoms with van der Waals surface area (Å²) in [4.78, 5) is 22.4. The maximum atomic E-state index is 13.5. The van der Waals surface area contributed by atoms with Crippen molar-refractivity contribution in [2.75, 3.05) is 13.2 Å². The quantitative estimate of drug-likeness (QED) is 0.145. The molecule has 0 N–H and O–H groups in total. The van der Waals surface area contributed by atoms with Crippen molar-refractivity contribution in [3.8, 4) is 11.1 Å². The topological polar surface area (TPSA) is 52.6 Å². The van der Waals surface area contributed by atoms with Crippen molar-refractivity contribution in [1.29, 1.82) is 0 Å². The van der Waals surface area contributed by atoms with Crippen LogP contribution in [0, 0.1) is 0 Å². The van der Waals surface area contributed by atoms with Gasteiger partial charge in [0.1, 0.15) is 0 Å². The monoisotopic (exact) mass is 514 g/mol. The van der Waals surface area contributed by atoms with Gasteiger partial charge in [0.2, 0.25) is 0 Å². The molecular weight excluding hydrogens is 490 g/mol. The van der Waals surface area contributed by atoms with E-state index in [0.29, 0.717) is 11.1 Å². The number of hydrogen-bond acceptors (Lipinski definition) is 4. The molecule has 10 heteroatoms. The molecule has 0 aliphatic carbocycles. The van der Waals surface area contributed by atoms with Gasteiger partial charge in [-0.1, -0.05) is 25.3 Å². The number of rotatable bonds is 11. The zero-order chi connectivity index (χ0) is 26.9. The molecule has 0 aliphatic heterocycles. The van der Waals surface area contributed by atoms with E-state index < -0.39 is 35.4 Å². The van der Waals surface area contributed by atoms with E-state index in [1.54, 1.807) is 0 Å². The molecule has 4 nitrogen and oxygen atoms in total. The molecule has 2 rings (SSSR count). The first-order valence-corrected chi connectivity index (χ1v) is 10.9. The number of hydrogen-bond donors (Lipinski definition) is 0. The number of benzene rings is 2. The smallest absolute Gasteiger partial charge is 0.416 e. The summed E-state index contributed by atoms with van der Waals surface area (Å²) in [5, 5.41) is 0. The summed E-state index contributed by atoms with van der Waals surface area (Å²) in [6.07, 6.45) is -6.76. The molecule has 2 aromatic carbocycles. The van der Waals surface area contributed by atoms with Gasteiger partial charge in [-0.05, 0) is 72.2 Å². The average Bonchev–Trinajstić information content (AvgIpc) is 2.82. The van der Waals surface area contributed by atoms with E-state index in [2.05, 4.69) is 13.2 Å². The minimum atomic E-state index is -4.71. The lowest BCUT2D eigenvalue weighted by Crippen LogP contribution is -2.09. The van der Waals surface area contributed by atoms with Crippen LogP contribution in [0.4, 0.5) is 26.3 Å². The largest absolute Gasteiger partial charge is 0.463 e. The third-order valence-electron chi connectivity index (χ3n) is 5.17. The summed E-state index contributed by atoms with van der Waals surface area (Å²) in [5.74, 6) is -1.33. The Morgan fingerprint density at radius 2 is 1.06 bits per heavy atom. The molecule has 0 heterocycles. The molecule has 0 aromatic heterocycles. The van der Waals surface area contributed by atoms with E-state index in [1.807, 2.05) is 0 Å². The Balaban J connectivity index is 2.50. The fourth-order valence-corrected chi connectivity index (χ4v) is 3.43. The first-order valence-electron chi connectivity index (χ1n) is 10.9. The van der Waals surface area contributed by atoms with Crippen LogP contribution in [0.2, 0.25) is 0 Å². The number of halogens is 6. The number of carbonyl (C=O) groups is 2. The molecule has 0 amide bonds. The molecule has 0 fully saturated rings. The first kappa shape index (κ1) is 28.7. The molecule has 0 saturated heterocycles. The van der Waals surface area contributed by atoms with Crippen molar-refractivity contribution in [2.24, 2.45) is 0 Å². The molecule has 0 spiro atoms. The molecule has 2 aromatic rings. The van der Waals surface area contributed by atoms with Gasteiger partial charge in [0.25, 0.3) is 0 Å². The van der Waals surface area contributed by atoms with Gasteiger partial charge in [-0.2, -0.15) is 26.3 Å². The van der Waals surface area contributed by atoms with E-state index in [0.717, 1.165) is 36.4 Å². The van der Waals surface area contributed by atoms with Crippen molar-refractivity contribution in [3.63, 3.8) is 0 Å². The van der Waals surface area contributed by atoms with Crippen LogP contribution in [0.25, 0.3) is 11.1 Å². The van der Waals surface area contributed by atoms with E-state index in [4.69, 9.17) is 9.47 Å². The van der Waals surface area contributed by atoms with E-state index in [1.165, 1.54) is 12.1 Å². The molecule has 194 valence electrons. The van der Waals surface area contributed by atoms with Crippen LogP contribution in [0.3, 0.4) is 0 Å². The third-order valence-corrected chi connectivity index (χ3v) is 5.17. The molecule has 0 saturated carbocycles. The highest BCUT2D eigenvalue weighted by Crippen LogP contribution is 2.39. The fraction of sp³-hybridized carbons (Fsp3) is 0.308. The summed E-state index contributed by atoms with van der Waals surface area (Å²) in [6.45, 7) is 6.43. The van der Waals surface area contributed by atoms with Crippen molar-refractivity contribution >= 4 is 11.9 Å². The van der Waals surface area contributed by atoms with Gasteiger partial charge in [-0.3, -0.25) is 0 Å². The van der Waals surface area contributed by atoms with Crippen LogP contribution in [-0.2, 0) is 44.3 Å². The second kappa shape index (κ2) is 12.4. The van der Waals surface area contributed by atoms with Gasteiger partial charge in [0.05, 0.1) is 24.3 Å². The van der Waals surface area contributed by atoms with Gasteiger partial charge in [0.15, 0.2) is 0 Å². The Bertz CT molecular complexity index is 1020. The normalized spacial score (nSPS) is 11.6. The van der Waals surface area contributed by atoms with E-state index >= 15 is 0 Å².